The van der Waals surface area contributed by atoms with E-state index in [1.807, 2.05) is 13.8 Å². The molecule has 1 rings (SSSR count). The number of ether oxygens (including phenoxy) is 1. The molecule has 0 saturated heterocycles. The predicted octanol–water partition coefficient (Wildman–Crippen LogP) is 0.0173. The number of methoxy groups -OCH3 is 1. The van der Waals surface area contributed by atoms with Gasteiger partial charge in [0.25, 0.3) is 0 Å². The SMILES string of the molecule is COC1CC(NC(C)C)(C(N)=O)C1. The number of rotatable bonds is 4. The molecule has 0 aromatic rings. The average Bonchev–Trinajstić information content (AvgIpc) is 1.94. The van der Waals surface area contributed by atoms with Gasteiger partial charge in [-0.3, -0.25) is 4.79 Å². The van der Waals surface area contributed by atoms with E-state index in [2.05, 4.69) is 5.32 Å². The molecule has 1 aliphatic rings. The lowest BCUT2D eigenvalue weighted by molar-refractivity contribution is -0.135. The topological polar surface area (TPSA) is 64.3 Å². The smallest absolute Gasteiger partial charge is 0.237 e. The van der Waals surface area contributed by atoms with Gasteiger partial charge in [0.05, 0.1) is 6.10 Å². The highest BCUT2D eigenvalue weighted by Gasteiger charge is 2.49. The summed E-state index contributed by atoms with van der Waals surface area (Å²) in [5.74, 6) is -0.269. The molecule has 3 N–H and O–H groups in total. The van der Waals surface area contributed by atoms with Gasteiger partial charge in [0.1, 0.15) is 5.54 Å². The number of nitrogens with one attached hydrogen (secondary N) is 1. The molecule has 0 bridgehead atoms. The van der Waals surface area contributed by atoms with Crippen LogP contribution in [0.2, 0.25) is 0 Å². The summed E-state index contributed by atoms with van der Waals surface area (Å²) in [6.45, 7) is 4.01. The Morgan fingerprint density at radius 2 is 2.15 bits per heavy atom. The molecule has 13 heavy (non-hydrogen) atoms. The molecular weight excluding hydrogens is 168 g/mol. The Labute approximate surface area is 78.8 Å². The van der Waals surface area contributed by atoms with E-state index in [1.165, 1.54) is 0 Å². The molecule has 0 spiro atoms. The first-order chi connectivity index (χ1) is 6.00. The van der Waals surface area contributed by atoms with Crippen molar-refractivity contribution in [3.05, 3.63) is 0 Å². The van der Waals surface area contributed by atoms with Gasteiger partial charge in [-0.1, -0.05) is 0 Å². The number of hydrogen-bond donors (Lipinski definition) is 2. The monoisotopic (exact) mass is 186 g/mol. The van der Waals surface area contributed by atoms with Gasteiger partial charge in [-0.15, -0.1) is 0 Å². The second-order valence-corrected chi connectivity index (χ2v) is 4.01. The van der Waals surface area contributed by atoms with Gasteiger partial charge in [0.15, 0.2) is 0 Å². The van der Waals surface area contributed by atoms with Crippen molar-refractivity contribution in [1.82, 2.24) is 5.32 Å². The van der Waals surface area contributed by atoms with Crippen LogP contribution in [0.15, 0.2) is 0 Å². The Morgan fingerprint density at radius 3 is 2.46 bits per heavy atom. The standard InChI is InChI=1S/C9H18N2O2/c1-6(2)11-9(8(10)12)4-7(5-9)13-3/h6-7,11H,4-5H2,1-3H3,(H2,10,12). The Kier molecular flexibility index (Phi) is 2.93. The average molecular weight is 186 g/mol. The van der Waals surface area contributed by atoms with E-state index in [0.29, 0.717) is 12.8 Å². The first kappa shape index (κ1) is 10.5. The lowest BCUT2D eigenvalue weighted by Gasteiger charge is -2.46. The van der Waals surface area contributed by atoms with Gasteiger partial charge in [-0.2, -0.15) is 0 Å². The highest BCUT2D eigenvalue weighted by atomic mass is 16.5. The molecule has 4 heteroatoms. The fourth-order valence-electron chi connectivity index (χ4n) is 1.83. The molecule has 76 valence electrons. The maximum absolute atomic E-state index is 11.2. The lowest BCUT2D eigenvalue weighted by atomic mass is 9.73. The van der Waals surface area contributed by atoms with Gasteiger partial charge < -0.3 is 15.8 Å². The summed E-state index contributed by atoms with van der Waals surface area (Å²) < 4.78 is 5.13. The van der Waals surface area contributed by atoms with E-state index in [9.17, 15) is 4.79 Å². The molecule has 1 saturated carbocycles. The van der Waals surface area contributed by atoms with Crippen molar-refractivity contribution in [3.8, 4) is 0 Å². The van der Waals surface area contributed by atoms with Crippen molar-refractivity contribution < 1.29 is 9.53 Å². The zero-order chi connectivity index (χ0) is 10.1. The maximum atomic E-state index is 11.2. The molecule has 1 amide bonds. The first-order valence-corrected chi connectivity index (χ1v) is 4.60. The Hall–Kier alpha value is -0.610. The second kappa shape index (κ2) is 3.64. The molecule has 1 fully saturated rings. The summed E-state index contributed by atoms with van der Waals surface area (Å²) in [6, 6.07) is 0.269. The zero-order valence-electron chi connectivity index (χ0n) is 8.46. The molecule has 0 aliphatic heterocycles. The molecule has 0 aromatic heterocycles. The molecule has 4 nitrogen and oxygen atoms in total. The fraction of sp³-hybridized carbons (Fsp3) is 0.889. The minimum atomic E-state index is -0.519. The number of carbonyl (C=O) groups excluding carboxylic acids is 1. The highest BCUT2D eigenvalue weighted by molar-refractivity contribution is 5.86. The molecule has 0 heterocycles. The van der Waals surface area contributed by atoms with Crippen LogP contribution in [0.1, 0.15) is 26.7 Å². The van der Waals surface area contributed by atoms with E-state index in [0.717, 1.165) is 0 Å². The summed E-state index contributed by atoms with van der Waals surface area (Å²) in [4.78, 5) is 11.2. The third-order valence-corrected chi connectivity index (χ3v) is 2.52. The summed E-state index contributed by atoms with van der Waals surface area (Å²) in [5, 5.41) is 3.20. The van der Waals surface area contributed by atoms with Crippen molar-refractivity contribution in [2.45, 2.75) is 44.4 Å². The third kappa shape index (κ3) is 2.00. The highest BCUT2D eigenvalue weighted by Crippen LogP contribution is 2.34. The summed E-state index contributed by atoms with van der Waals surface area (Å²) in [7, 11) is 1.66. The summed E-state index contributed by atoms with van der Waals surface area (Å²) in [6.07, 6.45) is 1.56. The zero-order valence-corrected chi connectivity index (χ0v) is 8.46. The summed E-state index contributed by atoms with van der Waals surface area (Å²) >= 11 is 0. The van der Waals surface area contributed by atoms with Crippen molar-refractivity contribution in [2.75, 3.05) is 7.11 Å². The number of carbonyl (C=O) groups is 1. The van der Waals surface area contributed by atoms with Crippen molar-refractivity contribution in [1.29, 1.82) is 0 Å². The van der Waals surface area contributed by atoms with Crippen molar-refractivity contribution in [3.63, 3.8) is 0 Å². The Bertz CT molecular complexity index is 198. The minimum Gasteiger partial charge on any atom is -0.381 e. The molecule has 0 radical (unpaired) electrons. The third-order valence-electron chi connectivity index (χ3n) is 2.52. The van der Waals surface area contributed by atoms with Gasteiger partial charge in [0, 0.05) is 26.0 Å². The second-order valence-electron chi connectivity index (χ2n) is 4.01. The van der Waals surface area contributed by atoms with E-state index in [4.69, 9.17) is 10.5 Å². The molecule has 0 aromatic carbocycles. The normalized spacial score (nSPS) is 33.1. The van der Waals surface area contributed by atoms with E-state index >= 15 is 0 Å². The molecule has 0 unspecified atom stereocenters. The van der Waals surface area contributed by atoms with Crippen LogP contribution in [-0.4, -0.2) is 30.7 Å². The van der Waals surface area contributed by atoms with Gasteiger partial charge in [-0.25, -0.2) is 0 Å². The number of amides is 1. The minimum absolute atomic E-state index is 0.179. The van der Waals surface area contributed by atoms with Crippen LogP contribution in [0.25, 0.3) is 0 Å². The number of nitrogens with two attached hydrogens (primary N) is 1. The first-order valence-electron chi connectivity index (χ1n) is 4.60. The van der Waals surface area contributed by atoms with Crippen molar-refractivity contribution in [2.24, 2.45) is 5.73 Å². The van der Waals surface area contributed by atoms with E-state index < -0.39 is 5.54 Å². The van der Waals surface area contributed by atoms with Crippen LogP contribution >= 0.6 is 0 Å². The molecule has 1 aliphatic carbocycles. The number of primary amides is 1. The van der Waals surface area contributed by atoms with Crippen molar-refractivity contribution >= 4 is 5.91 Å². The van der Waals surface area contributed by atoms with Crippen LogP contribution in [0.5, 0.6) is 0 Å². The Balaban J connectivity index is 2.55. The fourth-order valence-corrected chi connectivity index (χ4v) is 1.83. The number of hydrogen-bond acceptors (Lipinski definition) is 3. The lowest BCUT2D eigenvalue weighted by Crippen LogP contribution is -2.66. The van der Waals surface area contributed by atoms with Crippen LogP contribution in [0, 0.1) is 0 Å². The molecule has 0 atom stereocenters. The van der Waals surface area contributed by atoms with E-state index in [-0.39, 0.29) is 18.1 Å². The van der Waals surface area contributed by atoms with Gasteiger partial charge in [0.2, 0.25) is 5.91 Å². The maximum Gasteiger partial charge on any atom is 0.237 e. The van der Waals surface area contributed by atoms with Crippen LogP contribution in [0.4, 0.5) is 0 Å². The quantitative estimate of drug-likeness (QED) is 0.650. The van der Waals surface area contributed by atoms with E-state index in [1.54, 1.807) is 7.11 Å². The van der Waals surface area contributed by atoms with Gasteiger partial charge in [-0.05, 0) is 13.8 Å². The largest absolute Gasteiger partial charge is 0.381 e. The summed E-state index contributed by atoms with van der Waals surface area (Å²) in [5.41, 5.74) is 4.82. The van der Waals surface area contributed by atoms with Gasteiger partial charge >= 0.3 is 0 Å². The predicted molar refractivity (Wildman–Crippen MR) is 50.2 cm³/mol. The van der Waals surface area contributed by atoms with Crippen LogP contribution < -0.4 is 11.1 Å². The molecular formula is C9H18N2O2. The van der Waals surface area contributed by atoms with Crippen LogP contribution in [0.3, 0.4) is 0 Å². The Morgan fingerprint density at radius 1 is 1.62 bits per heavy atom. The van der Waals surface area contributed by atoms with Crippen LogP contribution in [-0.2, 0) is 9.53 Å².